The van der Waals surface area contributed by atoms with Gasteiger partial charge in [0.1, 0.15) is 0 Å². The Balaban J connectivity index is 1.21. The molecule has 0 aliphatic carbocycles. The van der Waals surface area contributed by atoms with Crippen LogP contribution >= 0.6 is 11.3 Å². The van der Waals surface area contributed by atoms with E-state index in [9.17, 15) is 0 Å². The lowest BCUT2D eigenvalue weighted by Crippen LogP contribution is -2.47. The molecule has 0 N–H and O–H groups in total. The van der Waals surface area contributed by atoms with E-state index in [1.165, 1.54) is 0 Å². The molecule has 0 saturated carbocycles. The first kappa shape index (κ1) is 21.1. The topological polar surface area (TPSA) is 84.3 Å². The van der Waals surface area contributed by atoms with E-state index in [-0.39, 0.29) is 11.5 Å². The summed E-state index contributed by atoms with van der Waals surface area (Å²) in [5, 5.41) is 10.3. The Morgan fingerprint density at radius 2 is 1.90 bits per heavy atom. The van der Waals surface area contributed by atoms with Crippen molar-refractivity contribution in [3.05, 3.63) is 35.1 Å². The van der Waals surface area contributed by atoms with Crippen LogP contribution in [-0.4, -0.2) is 62.8 Å². The maximum absolute atomic E-state index is 5.54. The Kier molecular flexibility index (Phi) is 6.31. The summed E-state index contributed by atoms with van der Waals surface area (Å²) in [6.07, 6.45) is 1.83. The van der Waals surface area contributed by atoms with Gasteiger partial charge in [0.05, 0.1) is 10.9 Å². The molecule has 1 aliphatic heterocycles. The van der Waals surface area contributed by atoms with Gasteiger partial charge in [-0.3, -0.25) is 4.90 Å². The minimum Gasteiger partial charge on any atom is -0.339 e. The van der Waals surface area contributed by atoms with Crippen LogP contribution in [0.1, 0.15) is 57.8 Å². The van der Waals surface area contributed by atoms with Crippen molar-refractivity contribution in [1.29, 1.82) is 0 Å². The minimum absolute atomic E-state index is 0.0942. The smallest absolute Gasteiger partial charge is 0.243 e. The van der Waals surface area contributed by atoms with Crippen molar-refractivity contribution in [2.24, 2.45) is 0 Å². The number of rotatable bonds is 7. The Morgan fingerprint density at radius 1 is 1.10 bits per heavy atom. The van der Waals surface area contributed by atoms with Crippen molar-refractivity contribution >= 4 is 11.3 Å². The Bertz CT molecular complexity index is 922. The zero-order chi connectivity index (χ0) is 21.1. The van der Waals surface area contributed by atoms with Crippen LogP contribution in [0.4, 0.5) is 0 Å². The molecule has 4 heterocycles. The molecule has 9 heteroatoms. The normalized spacial score (nSPS) is 17.5. The molecule has 1 atom stereocenters. The lowest BCUT2D eigenvalue weighted by molar-refractivity contribution is 0.0874. The molecule has 3 aromatic rings. The van der Waals surface area contributed by atoms with E-state index in [0.717, 1.165) is 62.2 Å². The molecule has 1 saturated heterocycles. The number of piperazine rings is 1. The fourth-order valence-electron chi connectivity index (χ4n) is 3.56. The predicted molar refractivity (Wildman–Crippen MR) is 115 cm³/mol. The van der Waals surface area contributed by atoms with Gasteiger partial charge in [0.2, 0.25) is 17.6 Å². The maximum Gasteiger partial charge on any atom is 0.243 e. The van der Waals surface area contributed by atoms with Crippen LogP contribution in [0.2, 0.25) is 0 Å². The zero-order valence-electron chi connectivity index (χ0n) is 18.2. The SMILES string of the molecule is CC(c1nc(C(C)(C)C)no1)N1CCN(CCCc2nc(-c3cccs3)no2)CC1. The van der Waals surface area contributed by atoms with Gasteiger partial charge in [-0.2, -0.15) is 9.97 Å². The van der Waals surface area contributed by atoms with Crippen LogP contribution in [0.5, 0.6) is 0 Å². The highest BCUT2D eigenvalue weighted by molar-refractivity contribution is 7.13. The van der Waals surface area contributed by atoms with Gasteiger partial charge in [0.25, 0.3) is 0 Å². The standard InChI is InChI=1S/C21H30N6O2S/c1-15(19-23-20(25-29-19)21(2,3)4)27-12-10-26(11-13-27)9-5-8-17-22-18(24-28-17)16-7-6-14-30-16/h6-7,14-15H,5,8-13H2,1-4H3. The molecular formula is C21H30N6O2S. The number of hydrogen-bond acceptors (Lipinski definition) is 9. The molecule has 1 aliphatic rings. The first-order chi connectivity index (χ1) is 14.4. The Hall–Kier alpha value is -2.10. The molecule has 4 rings (SSSR count). The minimum atomic E-state index is -0.0942. The fourth-order valence-corrected chi connectivity index (χ4v) is 4.21. The molecule has 1 fully saturated rings. The molecule has 0 spiro atoms. The summed E-state index contributed by atoms with van der Waals surface area (Å²) >= 11 is 1.63. The van der Waals surface area contributed by atoms with Gasteiger partial charge in [-0.25, -0.2) is 0 Å². The van der Waals surface area contributed by atoms with Crippen LogP contribution in [0.3, 0.4) is 0 Å². The first-order valence-electron chi connectivity index (χ1n) is 10.6. The lowest BCUT2D eigenvalue weighted by atomic mass is 9.96. The van der Waals surface area contributed by atoms with Crippen molar-refractivity contribution < 1.29 is 9.05 Å². The van der Waals surface area contributed by atoms with E-state index in [1.807, 2.05) is 17.5 Å². The fraction of sp³-hybridized carbons (Fsp3) is 0.619. The van der Waals surface area contributed by atoms with Crippen LogP contribution in [0, 0.1) is 0 Å². The monoisotopic (exact) mass is 430 g/mol. The molecule has 0 amide bonds. The Labute approximate surface area is 181 Å². The van der Waals surface area contributed by atoms with Gasteiger partial charge in [-0.1, -0.05) is 37.2 Å². The number of aromatic nitrogens is 4. The highest BCUT2D eigenvalue weighted by Crippen LogP contribution is 2.25. The van der Waals surface area contributed by atoms with E-state index in [4.69, 9.17) is 9.05 Å². The van der Waals surface area contributed by atoms with Crippen LogP contribution in [-0.2, 0) is 11.8 Å². The lowest BCUT2D eigenvalue weighted by Gasteiger charge is -2.36. The molecule has 0 radical (unpaired) electrons. The molecule has 3 aromatic heterocycles. The van der Waals surface area contributed by atoms with Crippen LogP contribution in [0.15, 0.2) is 26.6 Å². The maximum atomic E-state index is 5.54. The van der Waals surface area contributed by atoms with Gasteiger partial charge < -0.3 is 13.9 Å². The van der Waals surface area contributed by atoms with Gasteiger partial charge in [-0.15, -0.1) is 11.3 Å². The molecule has 8 nitrogen and oxygen atoms in total. The second-order valence-electron chi connectivity index (χ2n) is 8.85. The third kappa shape index (κ3) is 4.96. The number of hydrogen-bond donors (Lipinski definition) is 0. The molecule has 30 heavy (non-hydrogen) atoms. The predicted octanol–water partition coefficient (Wildman–Crippen LogP) is 3.79. The average Bonchev–Trinajstić information content (AvgIpc) is 3.48. The second-order valence-corrected chi connectivity index (χ2v) is 9.80. The van der Waals surface area contributed by atoms with Gasteiger partial charge in [0, 0.05) is 38.0 Å². The van der Waals surface area contributed by atoms with Crippen LogP contribution in [0.25, 0.3) is 10.7 Å². The largest absolute Gasteiger partial charge is 0.339 e. The summed E-state index contributed by atoms with van der Waals surface area (Å²) in [6.45, 7) is 13.6. The second kappa shape index (κ2) is 8.95. The first-order valence-corrected chi connectivity index (χ1v) is 11.4. The van der Waals surface area contributed by atoms with Crippen molar-refractivity contribution in [3.63, 3.8) is 0 Å². The number of nitrogens with zero attached hydrogens (tertiary/aromatic N) is 6. The van der Waals surface area contributed by atoms with E-state index < -0.39 is 0 Å². The average molecular weight is 431 g/mol. The number of aryl methyl sites for hydroxylation is 1. The van der Waals surface area contributed by atoms with E-state index in [1.54, 1.807) is 11.3 Å². The van der Waals surface area contributed by atoms with Gasteiger partial charge >= 0.3 is 0 Å². The van der Waals surface area contributed by atoms with Crippen LogP contribution < -0.4 is 0 Å². The Morgan fingerprint density at radius 3 is 2.57 bits per heavy atom. The highest BCUT2D eigenvalue weighted by atomic mass is 32.1. The molecule has 162 valence electrons. The molecule has 0 bridgehead atoms. The molecular weight excluding hydrogens is 400 g/mol. The van der Waals surface area contributed by atoms with Crippen molar-refractivity contribution in [2.45, 2.75) is 52.0 Å². The highest BCUT2D eigenvalue weighted by Gasteiger charge is 2.28. The summed E-state index contributed by atoms with van der Waals surface area (Å²) in [4.78, 5) is 15.1. The van der Waals surface area contributed by atoms with Crippen molar-refractivity contribution in [1.82, 2.24) is 30.1 Å². The van der Waals surface area contributed by atoms with Crippen molar-refractivity contribution in [3.8, 4) is 10.7 Å². The third-order valence-corrected chi connectivity index (χ3v) is 6.36. The zero-order valence-corrected chi connectivity index (χ0v) is 19.0. The van der Waals surface area contributed by atoms with E-state index >= 15 is 0 Å². The van der Waals surface area contributed by atoms with E-state index in [0.29, 0.717) is 11.7 Å². The quantitative estimate of drug-likeness (QED) is 0.560. The van der Waals surface area contributed by atoms with Crippen molar-refractivity contribution in [2.75, 3.05) is 32.7 Å². The third-order valence-electron chi connectivity index (χ3n) is 5.50. The summed E-state index contributed by atoms with van der Waals surface area (Å²) in [6, 6.07) is 4.15. The molecule has 1 unspecified atom stereocenters. The summed E-state index contributed by atoms with van der Waals surface area (Å²) in [7, 11) is 0. The summed E-state index contributed by atoms with van der Waals surface area (Å²) < 4.78 is 10.9. The molecule has 0 aromatic carbocycles. The van der Waals surface area contributed by atoms with Gasteiger partial charge in [0.15, 0.2) is 5.82 Å². The van der Waals surface area contributed by atoms with Gasteiger partial charge in [-0.05, 0) is 31.3 Å². The van der Waals surface area contributed by atoms with E-state index in [2.05, 4.69) is 57.8 Å². The summed E-state index contributed by atoms with van der Waals surface area (Å²) in [5.41, 5.74) is -0.0942. The summed E-state index contributed by atoms with van der Waals surface area (Å²) in [5.74, 6) is 2.90. The number of thiophene rings is 1.